The number of hydrogen-bond donors (Lipinski definition) is 1. The lowest BCUT2D eigenvalue weighted by atomic mass is 9.78. The standard InChI is InChI=1S/C16H32O3S/c1-12(11-16(2,3)4)9-15(17)13-7-6-8-14(10-13)20(5,18)19/h12-15,17H,6-11H2,1-5H3. The lowest BCUT2D eigenvalue weighted by molar-refractivity contribution is 0.0592. The summed E-state index contributed by atoms with van der Waals surface area (Å²) in [5, 5.41) is 10.2. The Bertz CT molecular complexity index is 394. The summed E-state index contributed by atoms with van der Waals surface area (Å²) in [7, 11) is -2.96. The van der Waals surface area contributed by atoms with Gasteiger partial charge >= 0.3 is 0 Å². The fourth-order valence-corrected chi connectivity index (χ4v) is 4.84. The van der Waals surface area contributed by atoms with Crippen LogP contribution in [0.5, 0.6) is 0 Å². The van der Waals surface area contributed by atoms with Crippen molar-refractivity contribution in [2.45, 2.75) is 77.6 Å². The molecule has 120 valence electrons. The van der Waals surface area contributed by atoms with Gasteiger partial charge in [0.15, 0.2) is 0 Å². The maximum Gasteiger partial charge on any atom is 0.150 e. The van der Waals surface area contributed by atoms with Crippen LogP contribution in [0.4, 0.5) is 0 Å². The third-order valence-corrected chi connectivity index (χ3v) is 6.06. The molecule has 0 aromatic heterocycles. The molecule has 0 aromatic carbocycles. The maximum absolute atomic E-state index is 11.7. The summed E-state index contributed by atoms with van der Waals surface area (Å²) in [5.41, 5.74) is 0.279. The van der Waals surface area contributed by atoms with E-state index in [1.165, 1.54) is 6.26 Å². The summed E-state index contributed by atoms with van der Waals surface area (Å²) in [6.07, 6.45) is 6.15. The highest BCUT2D eigenvalue weighted by Crippen LogP contribution is 2.34. The van der Waals surface area contributed by atoms with Gasteiger partial charge in [0.1, 0.15) is 9.84 Å². The molecular formula is C16H32O3S. The van der Waals surface area contributed by atoms with Crippen molar-refractivity contribution in [3.8, 4) is 0 Å². The molecule has 0 spiro atoms. The van der Waals surface area contributed by atoms with Crippen LogP contribution in [0.1, 0.15) is 66.2 Å². The van der Waals surface area contributed by atoms with E-state index < -0.39 is 9.84 Å². The molecule has 4 unspecified atom stereocenters. The van der Waals surface area contributed by atoms with Crippen molar-refractivity contribution in [3.63, 3.8) is 0 Å². The predicted octanol–water partition coefficient (Wildman–Crippen LogP) is 3.41. The first-order valence-electron chi connectivity index (χ1n) is 7.86. The topological polar surface area (TPSA) is 54.4 Å². The number of aliphatic hydroxyl groups is 1. The molecular weight excluding hydrogens is 272 g/mol. The third kappa shape index (κ3) is 6.13. The Kier molecular flexibility index (Phi) is 6.09. The van der Waals surface area contributed by atoms with Crippen molar-refractivity contribution in [3.05, 3.63) is 0 Å². The molecule has 0 radical (unpaired) electrons. The molecule has 0 amide bonds. The first-order valence-corrected chi connectivity index (χ1v) is 9.81. The Labute approximate surface area is 125 Å². The molecule has 20 heavy (non-hydrogen) atoms. The zero-order valence-electron chi connectivity index (χ0n) is 13.7. The van der Waals surface area contributed by atoms with Crippen LogP contribution in [0, 0.1) is 17.3 Å². The first-order chi connectivity index (χ1) is 8.99. The number of rotatable bonds is 5. The summed E-state index contributed by atoms with van der Waals surface area (Å²) in [6.45, 7) is 8.84. The quantitative estimate of drug-likeness (QED) is 0.847. The molecule has 1 saturated carbocycles. The van der Waals surface area contributed by atoms with Crippen molar-refractivity contribution in [1.82, 2.24) is 0 Å². The van der Waals surface area contributed by atoms with E-state index in [1.807, 2.05) is 0 Å². The van der Waals surface area contributed by atoms with Gasteiger partial charge in [-0.2, -0.15) is 0 Å². The second-order valence-electron chi connectivity index (χ2n) is 8.05. The normalized spacial score (nSPS) is 28.1. The molecule has 4 atom stereocenters. The van der Waals surface area contributed by atoms with E-state index in [-0.39, 0.29) is 22.7 Å². The van der Waals surface area contributed by atoms with Gasteiger partial charge in [-0.15, -0.1) is 0 Å². The van der Waals surface area contributed by atoms with Gasteiger partial charge in [-0.3, -0.25) is 0 Å². The van der Waals surface area contributed by atoms with Crippen LogP contribution in [0.2, 0.25) is 0 Å². The largest absolute Gasteiger partial charge is 0.393 e. The van der Waals surface area contributed by atoms with E-state index in [1.54, 1.807) is 0 Å². The van der Waals surface area contributed by atoms with Crippen molar-refractivity contribution in [2.24, 2.45) is 17.3 Å². The van der Waals surface area contributed by atoms with E-state index in [0.717, 1.165) is 32.1 Å². The van der Waals surface area contributed by atoms with Gasteiger partial charge in [0.25, 0.3) is 0 Å². The van der Waals surface area contributed by atoms with E-state index in [0.29, 0.717) is 12.3 Å². The molecule has 0 aliphatic heterocycles. The summed E-state index contributed by atoms with van der Waals surface area (Å²) >= 11 is 0. The molecule has 4 heteroatoms. The smallest absolute Gasteiger partial charge is 0.150 e. The van der Waals surface area contributed by atoms with Gasteiger partial charge in [-0.05, 0) is 49.4 Å². The van der Waals surface area contributed by atoms with Crippen LogP contribution in [-0.4, -0.2) is 31.1 Å². The summed E-state index contributed by atoms with van der Waals surface area (Å²) < 4.78 is 23.4. The molecule has 0 saturated heterocycles. The fourth-order valence-electron chi connectivity index (χ4n) is 3.65. The zero-order valence-corrected chi connectivity index (χ0v) is 14.5. The maximum atomic E-state index is 11.7. The minimum absolute atomic E-state index is 0.158. The average molecular weight is 304 g/mol. The Hall–Kier alpha value is -0.0900. The summed E-state index contributed by atoms with van der Waals surface area (Å²) in [5.74, 6) is 0.634. The van der Waals surface area contributed by atoms with Crippen molar-refractivity contribution in [2.75, 3.05) is 6.26 Å². The van der Waals surface area contributed by atoms with Crippen LogP contribution in [0.25, 0.3) is 0 Å². The van der Waals surface area contributed by atoms with Gasteiger partial charge in [0.05, 0.1) is 11.4 Å². The van der Waals surface area contributed by atoms with E-state index >= 15 is 0 Å². The second-order valence-corrected chi connectivity index (χ2v) is 10.4. The molecule has 1 fully saturated rings. The lowest BCUT2D eigenvalue weighted by Crippen LogP contribution is -2.34. The molecule has 1 rings (SSSR count). The Morgan fingerprint density at radius 2 is 1.85 bits per heavy atom. The molecule has 1 aliphatic carbocycles. The van der Waals surface area contributed by atoms with E-state index in [9.17, 15) is 13.5 Å². The fraction of sp³-hybridized carbons (Fsp3) is 1.00. The van der Waals surface area contributed by atoms with Crippen molar-refractivity contribution >= 4 is 9.84 Å². The number of hydrogen-bond acceptors (Lipinski definition) is 3. The highest BCUT2D eigenvalue weighted by Gasteiger charge is 2.33. The SMILES string of the molecule is CC(CC(O)C1CCCC(S(C)(=O)=O)C1)CC(C)(C)C. The van der Waals surface area contributed by atoms with Crippen LogP contribution < -0.4 is 0 Å². The van der Waals surface area contributed by atoms with Crippen LogP contribution >= 0.6 is 0 Å². The monoisotopic (exact) mass is 304 g/mol. The molecule has 0 bridgehead atoms. The molecule has 0 aromatic rings. The van der Waals surface area contributed by atoms with E-state index in [2.05, 4.69) is 27.7 Å². The molecule has 1 aliphatic rings. The van der Waals surface area contributed by atoms with Gasteiger partial charge in [0.2, 0.25) is 0 Å². The van der Waals surface area contributed by atoms with Gasteiger partial charge in [-0.25, -0.2) is 8.42 Å². The predicted molar refractivity (Wildman–Crippen MR) is 84.4 cm³/mol. The Morgan fingerprint density at radius 3 is 2.35 bits per heavy atom. The first kappa shape index (κ1) is 18.0. The third-order valence-electron chi connectivity index (χ3n) is 4.42. The Morgan fingerprint density at radius 1 is 1.25 bits per heavy atom. The zero-order chi connectivity index (χ0) is 15.6. The molecule has 1 N–H and O–H groups in total. The van der Waals surface area contributed by atoms with Gasteiger partial charge < -0.3 is 5.11 Å². The number of aliphatic hydroxyl groups excluding tert-OH is 1. The minimum atomic E-state index is -2.96. The van der Waals surface area contributed by atoms with Crippen LogP contribution in [-0.2, 0) is 9.84 Å². The van der Waals surface area contributed by atoms with Gasteiger partial charge in [-0.1, -0.05) is 34.1 Å². The van der Waals surface area contributed by atoms with Gasteiger partial charge in [0, 0.05) is 6.26 Å². The summed E-state index contributed by atoms with van der Waals surface area (Å²) in [4.78, 5) is 0. The Balaban J connectivity index is 2.53. The molecule has 3 nitrogen and oxygen atoms in total. The lowest BCUT2D eigenvalue weighted by Gasteiger charge is -2.33. The van der Waals surface area contributed by atoms with Crippen LogP contribution in [0.3, 0.4) is 0 Å². The average Bonchev–Trinajstić information content (AvgIpc) is 2.25. The van der Waals surface area contributed by atoms with Crippen molar-refractivity contribution in [1.29, 1.82) is 0 Å². The second kappa shape index (κ2) is 6.78. The highest BCUT2D eigenvalue weighted by atomic mass is 32.2. The summed E-state index contributed by atoms with van der Waals surface area (Å²) in [6, 6.07) is 0. The van der Waals surface area contributed by atoms with Crippen molar-refractivity contribution < 1.29 is 13.5 Å². The van der Waals surface area contributed by atoms with E-state index in [4.69, 9.17) is 0 Å². The highest BCUT2D eigenvalue weighted by molar-refractivity contribution is 7.91. The molecule has 0 heterocycles. The number of sulfone groups is 1. The minimum Gasteiger partial charge on any atom is -0.393 e. The van der Waals surface area contributed by atoms with Crippen LogP contribution in [0.15, 0.2) is 0 Å².